The second-order valence-electron chi connectivity index (χ2n) is 5.77. The number of carboxylic acids is 1. The van der Waals surface area contributed by atoms with Crippen LogP contribution in [-0.2, 0) is 10.0 Å². The molecule has 0 aromatic heterocycles. The van der Waals surface area contributed by atoms with Crippen molar-refractivity contribution in [2.45, 2.75) is 27.2 Å². The third-order valence-corrected chi connectivity index (χ3v) is 4.05. The van der Waals surface area contributed by atoms with E-state index >= 15 is 0 Å². The molecule has 0 unspecified atom stereocenters. The summed E-state index contributed by atoms with van der Waals surface area (Å²) in [6.07, 6.45) is 0.495. The second-order valence-corrected chi connectivity index (χ2v) is 8.04. The average molecular weight is 320 g/mol. The Balaban J connectivity index is 2.90. The lowest BCUT2D eigenvalue weighted by Gasteiger charge is -2.18. The number of carboxylic acid groups (broad SMARTS) is 1. The normalized spacial score (nSPS) is 12.2. The summed E-state index contributed by atoms with van der Waals surface area (Å²) in [4.78, 5) is 10.9. The van der Waals surface area contributed by atoms with E-state index in [0.717, 1.165) is 0 Å². The van der Waals surface area contributed by atoms with Gasteiger partial charge in [-0.25, -0.2) is 13.2 Å². The fourth-order valence-electron chi connectivity index (χ4n) is 1.44. The highest BCUT2D eigenvalue weighted by atomic mass is 35.5. The van der Waals surface area contributed by atoms with Gasteiger partial charge in [-0.15, -0.1) is 0 Å². The Labute approximate surface area is 124 Å². The molecule has 20 heavy (non-hydrogen) atoms. The Bertz CT molecular complexity index is 605. The zero-order valence-corrected chi connectivity index (χ0v) is 13.2. The van der Waals surface area contributed by atoms with E-state index in [1.807, 2.05) is 20.8 Å². The standard InChI is InChI=1S/C13H18ClNO4S/c1-13(2,3)4-5-20(18,19)15-11-7-9(12(16)17)6-10(14)8-11/h6-8,15H,4-5H2,1-3H3,(H,16,17). The third-order valence-electron chi connectivity index (χ3n) is 2.54. The van der Waals surface area contributed by atoms with E-state index in [9.17, 15) is 13.2 Å². The molecule has 7 heteroatoms. The largest absolute Gasteiger partial charge is 0.478 e. The first kappa shape index (κ1) is 16.8. The van der Waals surface area contributed by atoms with Crippen molar-refractivity contribution in [3.8, 4) is 0 Å². The summed E-state index contributed by atoms with van der Waals surface area (Å²) in [6, 6.07) is 3.88. The van der Waals surface area contributed by atoms with Gasteiger partial charge in [-0.05, 0) is 30.0 Å². The summed E-state index contributed by atoms with van der Waals surface area (Å²) in [6.45, 7) is 5.85. The van der Waals surface area contributed by atoms with Gasteiger partial charge in [0.1, 0.15) is 0 Å². The number of hydrogen-bond donors (Lipinski definition) is 2. The molecule has 1 rings (SSSR count). The van der Waals surface area contributed by atoms with Crippen LogP contribution >= 0.6 is 11.6 Å². The number of carbonyl (C=O) groups is 1. The molecule has 5 nitrogen and oxygen atoms in total. The maximum atomic E-state index is 11.9. The molecule has 0 bridgehead atoms. The maximum Gasteiger partial charge on any atom is 0.335 e. The quantitative estimate of drug-likeness (QED) is 0.872. The van der Waals surface area contributed by atoms with E-state index in [2.05, 4.69) is 4.72 Å². The molecule has 0 saturated heterocycles. The summed E-state index contributed by atoms with van der Waals surface area (Å²) in [7, 11) is -3.53. The second kappa shape index (κ2) is 6.01. The molecular weight excluding hydrogens is 302 g/mol. The van der Waals surface area contributed by atoms with Crippen molar-refractivity contribution >= 4 is 33.3 Å². The number of aromatic carboxylic acids is 1. The zero-order valence-electron chi connectivity index (χ0n) is 11.6. The molecule has 0 atom stereocenters. The van der Waals surface area contributed by atoms with Gasteiger partial charge >= 0.3 is 5.97 Å². The Kier molecular flexibility index (Phi) is 5.05. The minimum Gasteiger partial charge on any atom is -0.478 e. The van der Waals surface area contributed by atoms with Gasteiger partial charge in [0.25, 0.3) is 0 Å². The van der Waals surface area contributed by atoms with Crippen LogP contribution in [-0.4, -0.2) is 25.2 Å². The molecule has 0 saturated carbocycles. The van der Waals surface area contributed by atoms with E-state index in [1.165, 1.54) is 18.2 Å². The minimum atomic E-state index is -3.53. The van der Waals surface area contributed by atoms with Gasteiger partial charge in [-0.3, -0.25) is 4.72 Å². The maximum absolute atomic E-state index is 11.9. The van der Waals surface area contributed by atoms with Crippen LogP contribution in [0.2, 0.25) is 5.02 Å². The highest BCUT2D eigenvalue weighted by Crippen LogP contribution is 2.22. The fraction of sp³-hybridized carbons (Fsp3) is 0.462. The Morgan fingerprint density at radius 1 is 1.30 bits per heavy atom. The summed E-state index contributed by atoms with van der Waals surface area (Å²) in [5, 5.41) is 9.07. The molecule has 0 aliphatic carbocycles. The average Bonchev–Trinajstić information content (AvgIpc) is 2.24. The van der Waals surface area contributed by atoms with Crippen LogP contribution in [0.5, 0.6) is 0 Å². The zero-order chi connectivity index (χ0) is 15.6. The third kappa shape index (κ3) is 5.79. The van der Waals surface area contributed by atoms with Gasteiger partial charge in [0, 0.05) is 5.02 Å². The lowest BCUT2D eigenvalue weighted by molar-refractivity contribution is 0.0697. The highest BCUT2D eigenvalue weighted by molar-refractivity contribution is 7.92. The van der Waals surface area contributed by atoms with E-state index in [4.69, 9.17) is 16.7 Å². The molecule has 0 radical (unpaired) electrons. The minimum absolute atomic E-state index is 0.0363. The van der Waals surface area contributed by atoms with E-state index < -0.39 is 16.0 Å². The van der Waals surface area contributed by atoms with Crippen molar-refractivity contribution in [1.29, 1.82) is 0 Å². The van der Waals surface area contributed by atoms with E-state index in [1.54, 1.807) is 0 Å². The van der Waals surface area contributed by atoms with Gasteiger partial charge in [0.2, 0.25) is 10.0 Å². The van der Waals surface area contributed by atoms with Gasteiger partial charge in [0.05, 0.1) is 17.0 Å². The van der Waals surface area contributed by atoms with Crippen LogP contribution in [0, 0.1) is 5.41 Å². The molecule has 0 amide bonds. The van der Waals surface area contributed by atoms with Crippen LogP contribution in [0.4, 0.5) is 5.69 Å². The van der Waals surface area contributed by atoms with E-state index in [-0.39, 0.29) is 27.4 Å². The van der Waals surface area contributed by atoms with Crippen molar-refractivity contribution < 1.29 is 18.3 Å². The molecule has 0 heterocycles. The summed E-state index contributed by atoms with van der Waals surface area (Å²) < 4.78 is 26.2. The molecule has 1 aromatic rings. The first-order valence-corrected chi connectivity index (χ1v) is 8.06. The van der Waals surface area contributed by atoms with Crippen molar-refractivity contribution in [1.82, 2.24) is 0 Å². The van der Waals surface area contributed by atoms with Gasteiger partial charge in [-0.1, -0.05) is 32.4 Å². The van der Waals surface area contributed by atoms with Crippen LogP contribution in [0.15, 0.2) is 18.2 Å². The number of anilines is 1. The molecule has 0 aliphatic rings. The predicted molar refractivity (Wildman–Crippen MR) is 79.9 cm³/mol. The fourth-order valence-corrected chi connectivity index (χ4v) is 3.14. The first-order valence-electron chi connectivity index (χ1n) is 6.03. The van der Waals surface area contributed by atoms with Crippen LogP contribution in [0.25, 0.3) is 0 Å². The summed E-state index contributed by atoms with van der Waals surface area (Å²) in [5.41, 5.74) is -0.00944. The Morgan fingerprint density at radius 2 is 1.90 bits per heavy atom. The number of benzene rings is 1. The smallest absolute Gasteiger partial charge is 0.335 e. The lowest BCUT2D eigenvalue weighted by atomic mass is 9.94. The SMILES string of the molecule is CC(C)(C)CCS(=O)(=O)Nc1cc(Cl)cc(C(=O)O)c1. The first-order chi connectivity index (χ1) is 8.98. The highest BCUT2D eigenvalue weighted by Gasteiger charge is 2.18. The number of nitrogens with one attached hydrogen (secondary N) is 1. The molecule has 0 fully saturated rings. The molecule has 112 valence electrons. The van der Waals surface area contributed by atoms with Gasteiger partial charge < -0.3 is 5.11 Å². The summed E-state index contributed by atoms with van der Waals surface area (Å²) in [5.74, 6) is -1.20. The van der Waals surface area contributed by atoms with Crippen LogP contribution in [0.1, 0.15) is 37.6 Å². The number of sulfonamides is 1. The number of hydrogen-bond acceptors (Lipinski definition) is 3. The molecule has 0 aliphatic heterocycles. The lowest BCUT2D eigenvalue weighted by Crippen LogP contribution is -2.21. The van der Waals surface area contributed by atoms with Crippen molar-refractivity contribution in [2.75, 3.05) is 10.5 Å². The van der Waals surface area contributed by atoms with Crippen LogP contribution < -0.4 is 4.72 Å². The van der Waals surface area contributed by atoms with Crippen molar-refractivity contribution in [2.24, 2.45) is 5.41 Å². The van der Waals surface area contributed by atoms with Crippen molar-refractivity contribution in [3.63, 3.8) is 0 Å². The van der Waals surface area contributed by atoms with Crippen molar-refractivity contribution in [3.05, 3.63) is 28.8 Å². The van der Waals surface area contributed by atoms with E-state index in [0.29, 0.717) is 6.42 Å². The van der Waals surface area contributed by atoms with Crippen LogP contribution in [0.3, 0.4) is 0 Å². The Morgan fingerprint density at radius 3 is 2.40 bits per heavy atom. The molecule has 1 aromatic carbocycles. The molecule has 2 N–H and O–H groups in total. The van der Waals surface area contributed by atoms with Gasteiger partial charge in [-0.2, -0.15) is 0 Å². The predicted octanol–water partition coefficient (Wildman–Crippen LogP) is 3.22. The monoisotopic (exact) mass is 319 g/mol. The summed E-state index contributed by atoms with van der Waals surface area (Å²) >= 11 is 5.77. The Hall–Kier alpha value is -1.27. The number of rotatable bonds is 5. The number of halogens is 1. The molecule has 0 spiro atoms. The topological polar surface area (TPSA) is 83.5 Å². The molecular formula is C13H18ClNO4S. The van der Waals surface area contributed by atoms with Gasteiger partial charge in [0.15, 0.2) is 0 Å².